The Balaban J connectivity index is 1.42. The second-order valence-corrected chi connectivity index (χ2v) is 7.49. The molecule has 2 aliphatic heterocycles. The molecule has 7 heteroatoms. The molecule has 0 radical (unpaired) electrons. The predicted molar refractivity (Wildman–Crippen MR) is 110 cm³/mol. The van der Waals surface area contributed by atoms with Crippen molar-refractivity contribution >= 4 is 11.9 Å². The van der Waals surface area contributed by atoms with Crippen molar-refractivity contribution in [2.75, 3.05) is 20.3 Å². The molecule has 2 saturated heterocycles. The summed E-state index contributed by atoms with van der Waals surface area (Å²) in [6, 6.07) is 13.9. The molecule has 2 aliphatic rings. The van der Waals surface area contributed by atoms with Gasteiger partial charge in [0.05, 0.1) is 26.4 Å². The van der Waals surface area contributed by atoms with Crippen LogP contribution in [0.3, 0.4) is 0 Å². The fourth-order valence-corrected chi connectivity index (χ4v) is 3.84. The summed E-state index contributed by atoms with van der Waals surface area (Å²) in [4.78, 5) is 26.7. The molecule has 1 N–H and O–H groups in total. The van der Waals surface area contributed by atoms with Gasteiger partial charge in [0.25, 0.3) is 5.91 Å². The molecule has 0 spiro atoms. The van der Waals surface area contributed by atoms with Gasteiger partial charge in [0.2, 0.25) is 0 Å². The number of methoxy groups -OCH3 is 1. The lowest BCUT2D eigenvalue weighted by molar-refractivity contribution is -0.128. The van der Waals surface area contributed by atoms with E-state index in [-0.39, 0.29) is 18.6 Å². The van der Waals surface area contributed by atoms with E-state index in [4.69, 9.17) is 14.2 Å². The zero-order chi connectivity index (χ0) is 20.9. The number of hydrogen-bond acceptors (Lipinski definition) is 5. The maximum Gasteiger partial charge on any atom is 0.325 e. The van der Waals surface area contributed by atoms with Gasteiger partial charge >= 0.3 is 6.03 Å². The Labute approximate surface area is 175 Å². The van der Waals surface area contributed by atoms with Gasteiger partial charge in [-0.2, -0.15) is 0 Å². The Bertz CT molecular complexity index is 910. The number of nitrogens with zero attached hydrogens (tertiary/aromatic N) is 1. The fourth-order valence-electron chi connectivity index (χ4n) is 3.84. The first kappa shape index (κ1) is 20.4. The first-order chi connectivity index (χ1) is 14.7. The smallest absolute Gasteiger partial charge is 0.325 e. The highest BCUT2D eigenvalue weighted by Crippen LogP contribution is 2.30. The number of ether oxygens (including phenoxy) is 3. The zero-order valence-electron chi connectivity index (χ0n) is 17.0. The van der Waals surface area contributed by atoms with Crippen molar-refractivity contribution in [2.24, 2.45) is 0 Å². The Morgan fingerprint density at radius 1 is 1.07 bits per heavy atom. The summed E-state index contributed by atoms with van der Waals surface area (Å²) in [5.74, 6) is 0.290. The van der Waals surface area contributed by atoms with Gasteiger partial charge in [0.15, 0.2) is 0 Å². The van der Waals surface area contributed by atoms with Crippen LogP contribution in [0, 0.1) is 0 Å². The van der Waals surface area contributed by atoms with Gasteiger partial charge in [-0.15, -0.1) is 0 Å². The molecular weight excluding hydrogens is 384 g/mol. The van der Waals surface area contributed by atoms with E-state index in [0.717, 1.165) is 37.2 Å². The van der Waals surface area contributed by atoms with Crippen molar-refractivity contribution in [1.29, 1.82) is 0 Å². The van der Waals surface area contributed by atoms with Crippen molar-refractivity contribution in [3.05, 3.63) is 65.2 Å². The van der Waals surface area contributed by atoms with E-state index < -0.39 is 12.1 Å². The second kappa shape index (κ2) is 9.28. The van der Waals surface area contributed by atoms with Gasteiger partial charge in [0, 0.05) is 18.8 Å². The van der Waals surface area contributed by atoms with Gasteiger partial charge in [0.1, 0.15) is 11.8 Å². The molecule has 0 aliphatic carbocycles. The van der Waals surface area contributed by atoms with Crippen LogP contribution in [0.1, 0.15) is 35.6 Å². The molecule has 2 aromatic carbocycles. The summed E-state index contributed by atoms with van der Waals surface area (Å²) in [6.07, 6.45) is 2.04. The first-order valence-electron chi connectivity index (χ1n) is 10.2. The fraction of sp³-hybridized carbons (Fsp3) is 0.391. The van der Waals surface area contributed by atoms with E-state index in [1.54, 1.807) is 19.2 Å². The number of benzene rings is 2. The number of carbonyl (C=O) groups excluding carboxylic acids is 2. The maximum absolute atomic E-state index is 13.0. The van der Waals surface area contributed by atoms with Crippen LogP contribution in [-0.4, -0.2) is 43.3 Å². The average molecular weight is 410 g/mol. The minimum Gasteiger partial charge on any atom is -0.496 e. The SMILES string of the molecule is COc1ccccc1[C@@H]1NC(=O)N(Cc2cccc(COC3CCOCC3)c2)C1=O. The lowest BCUT2D eigenvalue weighted by Gasteiger charge is -2.22. The number of rotatable bonds is 7. The van der Waals surface area contributed by atoms with Crippen LogP contribution in [0.4, 0.5) is 4.79 Å². The minimum atomic E-state index is -0.742. The third kappa shape index (κ3) is 4.47. The standard InChI is InChI=1S/C23H26N2O5/c1-28-20-8-3-2-7-19(20)21-22(26)25(23(27)24-21)14-16-5-4-6-17(13-16)15-30-18-9-11-29-12-10-18/h2-8,13,18,21H,9-12,14-15H2,1H3,(H,24,27)/t21-/m0/s1. The molecule has 1 atom stereocenters. The highest BCUT2D eigenvalue weighted by molar-refractivity contribution is 6.04. The number of hydrogen-bond donors (Lipinski definition) is 1. The Morgan fingerprint density at radius 3 is 2.63 bits per heavy atom. The molecule has 158 valence electrons. The summed E-state index contributed by atoms with van der Waals surface area (Å²) in [7, 11) is 1.55. The Morgan fingerprint density at radius 2 is 1.83 bits per heavy atom. The van der Waals surface area contributed by atoms with Crippen molar-refractivity contribution < 1.29 is 23.8 Å². The molecule has 4 rings (SSSR count). The number of imide groups is 1. The largest absolute Gasteiger partial charge is 0.496 e. The van der Waals surface area contributed by atoms with E-state index in [2.05, 4.69) is 5.32 Å². The topological polar surface area (TPSA) is 77.1 Å². The van der Waals surface area contributed by atoms with Crippen molar-refractivity contribution in [3.8, 4) is 5.75 Å². The van der Waals surface area contributed by atoms with E-state index in [1.807, 2.05) is 36.4 Å². The van der Waals surface area contributed by atoms with E-state index in [0.29, 0.717) is 17.9 Å². The number of amides is 3. The van der Waals surface area contributed by atoms with Gasteiger partial charge in [-0.1, -0.05) is 42.5 Å². The Kier molecular flexibility index (Phi) is 6.30. The predicted octanol–water partition coefficient (Wildman–Crippen LogP) is 3.18. The number of para-hydroxylation sites is 1. The summed E-state index contributed by atoms with van der Waals surface area (Å²) in [5.41, 5.74) is 2.55. The van der Waals surface area contributed by atoms with Crippen LogP contribution >= 0.6 is 0 Å². The van der Waals surface area contributed by atoms with Gasteiger partial charge in [-0.25, -0.2) is 4.79 Å². The van der Waals surface area contributed by atoms with Crippen LogP contribution < -0.4 is 10.1 Å². The molecule has 7 nitrogen and oxygen atoms in total. The number of urea groups is 1. The summed E-state index contributed by atoms with van der Waals surface area (Å²) >= 11 is 0. The second-order valence-electron chi connectivity index (χ2n) is 7.49. The number of carbonyl (C=O) groups is 2. The van der Waals surface area contributed by atoms with Crippen molar-refractivity contribution in [2.45, 2.75) is 38.1 Å². The van der Waals surface area contributed by atoms with E-state index in [1.165, 1.54) is 4.90 Å². The highest BCUT2D eigenvalue weighted by Gasteiger charge is 2.40. The lowest BCUT2D eigenvalue weighted by Crippen LogP contribution is -2.30. The number of nitrogens with one attached hydrogen (secondary N) is 1. The summed E-state index contributed by atoms with van der Waals surface area (Å²) < 4.78 is 16.7. The molecule has 2 heterocycles. The van der Waals surface area contributed by atoms with Crippen LogP contribution in [0.15, 0.2) is 48.5 Å². The molecule has 2 aromatic rings. The van der Waals surface area contributed by atoms with E-state index in [9.17, 15) is 9.59 Å². The van der Waals surface area contributed by atoms with Gasteiger partial charge in [-0.3, -0.25) is 9.69 Å². The quantitative estimate of drug-likeness (QED) is 0.710. The van der Waals surface area contributed by atoms with Gasteiger partial charge < -0.3 is 19.5 Å². The normalized spacial score (nSPS) is 19.8. The maximum atomic E-state index is 13.0. The summed E-state index contributed by atoms with van der Waals surface area (Å²) in [6.45, 7) is 2.19. The third-order valence-electron chi connectivity index (χ3n) is 5.46. The van der Waals surface area contributed by atoms with Gasteiger partial charge in [-0.05, 0) is 30.0 Å². The monoisotopic (exact) mass is 410 g/mol. The molecule has 0 aromatic heterocycles. The van der Waals surface area contributed by atoms with Crippen LogP contribution in [-0.2, 0) is 27.4 Å². The van der Waals surface area contributed by atoms with Crippen molar-refractivity contribution in [1.82, 2.24) is 10.2 Å². The average Bonchev–Trinajstić information content (AvgIpc) is 3.07. The summed E-state index contributed by atoms with van der Waals surface area (Å²) in [5, 5.41) is 2.77. The first-order valence-corrected chi connectivity index (χ1v) is 10.2. The Hall–Kier alpha value is -2.90. The van der Waals surface area contributed by atoms with E-state index >= 15 is 0 Å². The molecule has 3 amide bonds. The molecule has 0 bridgehead atoms. The molecule has 30 heavy (non-hydrogen) atoms. The van der Waals surface area contributed by atoms with Crippen LogP contribution in [0.2, 0.25) is 0 Å². The highest BCUT2D eigenvalue weighted by atomic mass is 16.5. The lowest BCUT2D eigenvalue weighted by atomic mass is 10.1. The third-order valence-corrected chi connectivity index (χ3v) is 5.46. The van der Waals surface area contributed by atoms with Crippen LogP contribution in [0.25, 0.3) is 0 Å². The minimum absolute atomic E-state index is 0.210. The van der Waals surface area contributed by atoms with Crippen LogP contribution in [0.5, 0.6) is 5.75 Å². The molecule has 0 unspecified atom stereocenters. The zero-order valence-corrected chi connectivity index (χ0v) is 17.0. The molecule has 2 fully saturated rings. The van der Waals surface area contributed by atoms with Crippen molar-refractivity contribution in [3.63, 3.8) is 0 Å². The molecule has 0 saturated carbocycles. The molecular formula is C23H26N2O5.